The summed E-state index contributed by atoms with van der Waals surface area (Å²) in [4.78, 5) is 4.49. The minimum atomic E-state index is -0.258. The minimum Gasteiger partial charge on any atom is -0.271 e. The maximum Gasteiger partial charge on any atom is 0.0888 e. The predicted octanol–water partition coefficient (Wildman–Crippen LogP) is 4.09. The topological polar surface area (TPSA) is 50.9 Å². The Morgan fingerprint density at radius 1 is 1.00 bits per heavy atom. The van der Waals surface area contributed by atoms with Crippen LogP contribution < -0.4 is 11.3 Å². The fraction of sp³-hybridized carbons (Fsp3) is 0.0625. The van der Waals surface area contributed by atoms with Crippen molar-refractivity contribution in [2.45, 2.75) is 6.04 Å². The number of hydrogen-bond donors (Lipinski definition) is 2. The van der Waals surface area contributed by atoms with Crippen molar-refractivity contribution in [3.05, 3.63) is 76.0 Å². The number of halogens is 2. The van der Waals surface area contributed by atoms with E-state index in [1.807, 2.05) is 36.4 Å². The number of hydrogen-bond acceptors (Lipinski definition) is 3. The van der Waals surface area contributed by atoms with Crippen molar-refractivity contribution in [1.29, 1.82) is 0 Å². The molecular formula is C16H13Cl2N3. The number of hydrazine groups is 1. The molecule has 0 radical (unpaired) electrons. The molecule has 106 valence electrons. The number of nitrogens with zero attached hydrogens (tertiary/aromatic N) is 1. The Morgan fingerprint density at radius 3 is 2.57 bits per heavy atom. The summed E-state index contributed by atoms with van der Waals surface area (Å²) in [6, 6.07) is 15.2. The normalized spacial score (nSPS) is 12.5. The van der Waals surface area contributed by atoms with E-state index in [0.717, 1.165) is 22.0 Å². The van der Waals surface area contributed by atoms with E-state index in [1.54, 1.807) is 18.3 Å². The van der Waals surface area contributed by atoms with Crippen molar-refractivity contribution in [2.75, 3.05) is 0 Å². The van der Waals surface area contributed by atoms with Crippen LogP contribution in [-0.2, 0) is 0 Å². The predicted molar refractivity (Wildman–Crippen MR) is 87.4 cm³/mol. The standard InChI is InChI=1S/C16H13Cl2N3/c17-13-6-5-11(9-14(13)18)15(21-19)16-12-4-2-1-3-10(12)7-8-20-16/h1-9,15,21H,19H2. The van der Waals surface area contributed by atoms with Gasteiger partial charge in [-0.25, -0.2) is 5.43 Å². The minimum absolute atomic E-state index is 0.258. The third kappa shape index (κ3) is 2.74. The summed E-state index contributed by atoms with van der Waals surface area (Å²) in [6.45, 7) is 0. The number of pyridine rings is 1. The first-order valence-corrected chi connectivity index (χ1v) is 7.21. The van der Waals surface area contributed by atoms with E-state index in [-0.39, 0.29) is 6.04 Å². The first-order chi connectivity index (χ1) is 10.2. The molecule has 0 saturated heterocycles. The molecule has 3 rings (SSSR count). The summed E-state index contributed by atoms with van der Waals surface area (Å²) in [7, 11) is 0. The lowest BCUT2D eigenvalue weighted by atomic mass is 9.99. The zero-order chi connectivity index (χ0) is 14.8. The molecule has 0 aliphatic carbocycles. The van der Waals surface area contributed by atoms with Crippen molar-refractivity contribution in [3.63, 3.8) is 0 Å². The fourth-order valence-electron chi connectivity index (χ4n) is 2.40. The Hall–Kier alpha value is -1.65. The third-order valence-electron chi connectivity index (χ3n) is 3.42. The van der Waals surface area contributed by atoms with Gasteiger partial charge in [0.05, 0.1) is 21.8 Å². The van der Waals surface area contributed by atoms with Gasteiger partial charge in [-0.2, -0.15) is 0 Å². The Kier molecular flexibility index (Phi) is 4.08. The Balaban J connectivity index is 2.16. The number of nitrogens with two attached hydrogens (primary N) is 1. The number of aromatic nitrogens is 1. The second-order valence-electron chi connectivity index (χ2n) is 4.69. The van der Waals surface area contributed by atoms with Crippen molar-refractivity contribution in [1.82, 2.24) is 10.4 Å². The maximum atomic E-state index is 6.10. The van der Waals surface area contributed by atoms with Gasteiger partial charge in [-0.3, -0.25) is 10.8 Å². The van der Waals surface area contributed by atoms with Gasteiger partial charge in [0.15, 0.2) is 0 Å². The van der Waals surface area contributed by atoms with E-state index in [2.05, 4.69) is 10.4 Å². The van der Waals surface area contributed by atoms with Crippen LogP contribution in [-0.4, -0.2) is 4.98 Å². The Bertz CT molecular complexity index is 784. The average molecular weight is 318 g/mol. The highest BCUT2D eigenvalue weighted by Crippen LogP contribution is 2.30. The van der Waals surface area contributed by atoms with Gasteiger partial charge in [-0.05, 0) is 29.1 Å². The van der Waals surface area contributed by atoms with Crippen molar-refractivity contribution in [3.8, 4) is 0 Å². The molecule has 3 aromatic rings. The van der Waals surface area contributed by atoms with Gasteiger partial charge >= 0.3 is 0 Å². The number of benzene rings is 2. The van der Waals surface area contributed by atoms with Crippen LogP contribution in [0.3, 0.4) is 0 Å². The van der Waals surface area contributed by atoms with E-state index in [9.17, 15) is 0 Å². The lowest BCUT2D eigenvalue weighted by Gasteiger charge is -2.18. The summed E-state index contributed by atoms with van der Waals surface area (Å²) in [5, 5.41) is 3.17. The smallest absolute Gasteiger partial charge is 0.0888 e. The summed E-state index contributed by atoms with van der Waals surface area (Å²) in [5.74, 6) is 5.75. The summed E-state index contributed by atoms with van der Waals surface area (Å²) in [6.07, 6.45) is 1.78. The molecule has 0 aliphatic rings. The molecule has 2 aromatic carbocycles. The van der Waals surface area contributed by atoms with Crippen LogP contribution in [0.25, 0.3) is 10.8 Å². The zero-order valence-electron chi connectivity index (χ0n) is 11.1. The summed E-state index contributed by atoms with van der Waals surface area (Å²) in [5.41, 5.74) is 4.58. The Labute approximate surface area is 132 Å². The van der Waals surface area contributed by atoms with Crippen molar-refractivity contribution < 1.29 is 0 Å². The van der Waals surface area contributed by atoms with E-state index in [0.29, 0.717) is 10.0 Å². The number of nitrogens with one attached hydrogen (secondary N) is 1. The molecule has 1 aromatic heterocycles. The third-order valence-corrected chi connectivity index (χ3v) is 4.16. The van der Waals surface area contributed by atoms with Crippen LogP contribution in [0.15, 0.2) is 54.7 Å². The van der Waals surface area contributed by atoms with Crippen molar-refractivity contribution in [2.24, 2.45) is 5.84 Å². The largest absolute Gasteiger partial charge is 0.271 e. The molecule has 0 amide bonds. The van der Waals surface area contributed by atoms with Crippen LogP contribution in [0.2, 0.25) is 10.0 Å². The molecule has 0 fully saturated rings. The SMILES string of the molecule is NNC(c1ccc(Cl)c(Cl)c1)c1nccc2ccccc12. The van der Waals surface area contributed by atoms with Crippen LogP contribution in [0.5, 0.6) is 0 Å². The van der Waals surface area contributed by atoms with Crippen molar-refractivity contribution >= 4 is 34.0 Å². The van der Waals surface area contributed by atoms with Crippen LogP contribution in [0.1, 0.15) is 17.3 Å². The molecule has 0 bridgehead atoms. The average Bonchev–Trinajstić information content (AvgIpc) is 2.52. The van der Waals surface area contributed by atoms with Gasteiger partial charge in [0.2, 0.25) is 0 Å². The molecule has 0 aliphatic heterocycles. The summed E-state index contributed by atoms with van der Waals surface area (Å²) >= 11 is 12.1. The molecule has 21 heavy (non-hydrogen) atoms. The van der Waals surface area contributed by atoms with E-state index < -0.39 is 0 Å². The zero-order valence-corrected chi connectivity index (χ0v) is 12.6. The monoisotopic (exact) mass is 317 g/mol. The lowest BCUT2D eigenvalue weighted by Crippen LogP contribution is -2.29. The number of fused-ring (bicyclic) bond motifs is 1. The first-order valence-electron chi connectivity index (χ1n) is 6.45. The maximum absolute atomic E-state index is 6.10. The lowest BCUT2D eigenvalue weighted by molar-refractivity contribution is 0.626. The van der Waals surface area contributed by atoms with E-state index in [1.165, 1.54) is 0 Å². The summed E-state index contributed by atoms with van der Waals surface area (Å²) < 4.78 is 0. The van der Waals surface area contributed by atoms with E-state index >= 15 is 0 Å². The Morgan fingerprint density at radius 2 is 1.81 bits per heavy atom. The first kappa shape index (κ1) is 14.3. The molecule has 3 N–H and O–H groups in total. The molecule has 1 heterocycles. The molecule has 5 heteroatoms. The highest BCUT2D eigenvalue weighted by molar-refractivity contribution is 6.42. The van der Waals surface area contributed by atoms with Gasteiger partial charge in [0, 0.05) is 11.6 Å². The molecule has 0 spiro atoms. The molecule has 1 atom stereocenters. The second-order valence-corrected chi connectivity index (χ2v) is 5.50. The molecule has 0 saturated carbocycles. The van der Waals surface area contributed by atoms with Crippen LogP contribution in [0.4, 0.5) is 0 Å². The quantitative estimate of drug-likeness (QED) is 0.565. The van der Waals surface area contributed by atoms with Gasteiger partial charge in [0.1, 0.15) is 0 Å². The fourth-order valence-corrected chi connectivity index (χ4v) is 2.70. The van der Waals surface area contributed by atoms with Crippen LogP contribution in [0, 0.1) is 0 Å². The van der Waals surface area contributed by atoms with Gasteiger partial charge < -0.3 is 0 Å². The van der Waals surface area contributed by atoms with E-state index in [4.69, 9.17) is 29.0 Å². The van der Waals surface area contributed by atoms with Gasteiger partial charge in [-0.15, -0.1) is 0 Å². The highest BCUT2D eigenvalue weighted by atomic mass is 35.5. The van der Waals surface area contributed by atoms with Gasteiger partial charge in [-0.1, -0.05) is 53.5 Å². The molecular weight excluding hydrogens is 305 g/mol. The molecule has 1 unspecified atom stereocenters. The van der Waals surface area contributed by atoms with Crippen LogP contribution >= 0.6 is 23.2 Å². The number of rotatable bonds is 3. The van der Waals surface area contributed by atoms with Gasteiger partial charge in [0.25, 0.3) is 0 Å². The molecule has 3 nitrogen and oxygen atoms in total. The highest BCUT2D eigenvalue weighted by Gasteiger charge is 2.17. The second kappa shape index (κ2) is 6.00.